The number of hydrogen-bond acceptors (Lipinski definition) is 29. The fraction of sp³-hybridized carbons (Fsp3) is 0.375. The van der Waals surface area contributed by atoms with Crippen LogP contribution in [0.3, 0.4) is 0 Å². The fourth-order valence-electron chi connectivity index (χ4n) is 15.6. The van der Waals surface area contributed by atoms with E-state index in [-0.39, 0.29) is 42.2 Å². The van der Waals surface area contributed by atoms with Crippen molar-refractivity contribution in [2.45, 2.75) is 123 Å². The molecular formula is C88H94Cl4I2N28O8. The number of carbonyl (C=O) groups excluding carboxylic acids is 1. The molecule has 0 spiro atoms. The first kappa shape index (κ1) is 92.2. The number of para-hydroxylation sites is 3. The largest absolute Gasteiger partial charge is 0.496 e. The van der Waals surface area contributed by atoms with E-state index >= 15 is 0 Å². The third-order valence-electron chi connectivity index (χ3n) is 23.0. The quantitative estimate of drug-likeness (QED) is 0.0561. The molecule has 3 unspecified atom stereocenters. The highest BCUT2D eigenvalue weighted by Crippen LogP contribution is 2.41. The number of aromatic amines is 3. The molecule has 36 nitrogen and oxygen atoms in total. The molecule has 5 saturated heterocycles. The second-order valence-corrected chi connectivity index (χ2v) is 35.6. The lowest BCUT2D eigenvalue weighted by Crippen LogP contribution is -2.45. The minimum atomic E-state index is -0.386. The molecule has 16 aromatic rings. The highest BCUT2D eigenvalue weighted by molar-refractivity contribution is 14.1. The summed E-state index contributed by atoms with van der Waals surface area (Å²) in [6, 6.07) is 33.1. The van der Waals surface area contributed by atoms with Crippen LogP contribution >= 0.6 is 91.6 Å². The van der Waals surface area contributed by atoms with E-state index in [9.17, 15) is 4.79 Å². The average molecular weight is 2070 g/mol. The van der Waals surface area contributed by atoms with E-state index in [0.717, 1.165) is 238 Å². The van der Waals surface area contributed by atoms with Gasteiger partial charge in [0.25, 0.3) is 0 Å². The Balaban J connectivity index is 0.000000122. The predicted molar refractivity (Wildman–Crippen MR) is 512 cm³/mol. The molecule has 130 heavy (non-hydrogen) atoms. The summed E-state index contributed by atoms with van der Waals surface area (Å²) in [5.74, 6) is 3.96. The average Bonchev–Trinajstić information content (AvgIpc) is 1.61. The molecule has 0 saturated carbocycles. The number of alkyl carbamates (subject to hydrolysis) is 1. The summed E-state index contributed by atoms with van der Waals surface area (Å²) in [4.78, 5) is 69.5. The summed E-state index contributed by atoms with van der Waals surface area (Å²) in [5, 5.41) is 39.1. The number of fused-ring (bicyclic) bond motifs is 6. The summed E-state index contributed by atoms with van der Waals surface area (Å²) >= 11 is 27.4. The first-order chi connectivity index (χ1) is 63.3. The number of aromatic nitrogens is 24. The van der Waals surface area contributed by atoms with Crippen LogP contribution in [0.4, 0.5) is 16.4 Å². The zero-order valence-corrected chi connectivity index (χ0v) is 79.1. The Hall–Kier alpha value is -11.1. The van der Waals surface area contributed by atoms with Crippen LogP contribution in [0.1, 0.15) is 122 Å². The van der Waals surface area contributed by atoms with Gasteiger partial charge in [-0.2, -0.15) is 30.6 Å². The van der Waals surface area contributed by atoms with Crippen LogP contribution < -0.4 is 35.1 Å². The Morgan fingerprint density at radius 3 is 1.51 bits per heavy atom. The molecule has 676 valence electrons. The number of anilines is 2. The Morgan fingerprint density at radius 2 is 0.946 bits per heavy atom. The second kappa shape index (κ2) is 42.9. The van der Waals surface area contributed by atoms with Crippen molar-refractivity contribution in [3.8, 4) is 51.0 Å². The SMILES string of the molecule is COc1ccccc1-c1[nH]nc2nc(N3CCC(C)(CN)CC3)cnc12.COc1ccccc1-c1nn(C2CCCCO2)c2nc(Cl)cnc12.COc1ccccc1-c1nn(C2CCCCO2)c2nc(N3CCC(C)(CNC(=O)OCc4ccccc4)CC3)cnc12.Clc1cnc2c(I)[nH]nc2n1.Clc1cnc2c(I)nn(C3CCCCO3)c2n1.Clc1cnc2cn[nH]c2n1. The molecule has 5 fully saturated rings. The number of piperidine rings is 2. The third-order valence-corrected chi connectivity index (χ3v) is 25.2. The van der Waals surface area contributed by atoms with Gasteiger partial charge < -0.3 is 54.0 Å². The van der Waals surface area contributed by atoms with Crippen molar-refractivity contribution in [1.82, 2.24) is 125 Å². The summed E-state index contributed by atoms with van der Waals surface area (Å²) in [7, 11) is 4.97. The van der Waals surface area contributed by atoms with E-state index in [1.807, 2.05) is 120 Å². The molecule has 5 aliphatic heterocycles. The molecular weight excluding hydrogens is 1970 g/mol. The number of H-pyrrole nitrogens is 3. The number of rotatable bonds is 16. The lowest BCUT2D eigenvalue weighted by molar-refractivity contribution is -0.0372. The predicted octanol–water partition coefficient (Wildman–Crippen LogP) is 17.6. The molecule has 0 aliphatic carbocycles. The number of carbonyl (C=O) groups is 1. The smallest absolute Gasteiger partial charge is 0.407 e. The van der Waals surface area contributed by atoms with Gasteiger partial charge in [-0.15, -0.1) is 0 Å². The summed E-state index contributed by atoms with van der Waals surface area (Å²) in [6.07, 6.45) is 23.9. The van der Waals surface area contributed by atoms with E-state index in [4.69, 9.17) is 110 Å². The molecule has 4 aromatic carbocycles. The molecule has 0 radical (unpaired) electrons. The minimum Gasteiger partial charge on any atom is -0.496 e. The van der Waals surface area contributed by atoms with Crippen molar-refractivity contribution >= 4 is 176 Å². The van der Waals surface area contributed by atoms with Gasteiger partial charge in [-0.3, -0.25) is 15.3 Å². The van der Waals surface area contributed by atoms with Gasteiger partial charge in [0.15, 0.2) is 45.0 Å². The molecule has 6 N–H and O–H groups in total. The molecule has 3 atom stereocenters. The van der Waals surface area contributed by atoms with Crippen LogP contribution in [0.2, 0.25) is 20.6 Å². The van der Waals surface area contributed by atoms with Crippen molar-refractivity contribution in [3.05, 3.63) is 180 Å². The summed E-state index contributed by atoms with van der Waals surface area (Å²) in [5.41, 5.74) is 20.3. The molecule has 0 bridgehead atoms. The molecule has 5 aliphatic rings. The molecule has 42 heteroatoms. The fourth-order valence-corrected chi connectivity index (χ4v) is 17.2. The molecule has 17 heterocycles. The maximum atomic E-state index is 12.3. The number of hydrogen-bond donors (Lipinski definition) is 5. The lowest BCUT2D eigenvalue weighted by Gasteiger charge is -2.39. The summed E-state index contributed by atoms with van der Waals surface area (Å²) in [6.45, 7) is 11.7. The van der Waals surface area contributed by atoms with E-state index < -0.39 is 0 Å². The number of methoxy groups -OCH3 is 3. The van der Waals surface area contributed by atoms with Gasteiger partial charge >= 0.3 is 6.09 Å². The number of benzene rings is 4. The van der Waals surface area contributed by atoms with Gasteiger partial charge in [0, 0.05) is 69.2 Å². The Labute approximate surface area is 793 Å². The number of amides is 1. The number of halogens is 6. The number of ether oxygens (including phenoxy) is 7. The van der Waals surface area contributed by atoms with Crippen molar-refractivity contribution < 1.29 is 38.0 Å². The monoisotopic (exact) mass is 2060 g/mol. The van der Waals surface area contributed by atoms with Crippen molar-refractivity contribution in [1.29, 1.82) is 0 Å². The van der Waals surface area contributed by atoms with Crippen LogP contribution in [0.25, 0.3) is 101 Å². The summed E-state index contributed by atoms with van der Waals surface area (Å²) < 4.78 is 46.9. The maximum Gasteiger partial charge on any atom is 0.407 e. The molecule has 12 aromatic heterocycles. The first-order valence-electron chi connectivity index (χ1n) is 42.5. The Morgan fingerprint density at radius 1 is 0.492 bits per heavy atom. The number of nitrogens with two attached hydrogens (primary N) is 1. The minimum absolute atomic E-state index is 0.0332. The molecule has 21 rings (SSSR count). The Kier molecular flexibility index (Phi) is 30.4. The van der Waals surface area contributed by atoms with Crippen LogP contribution in [0.15, 0.2) is 147 Å². The van der Waals surface area contributed by atoms with Gasteiger partial charge in [-0.1, -0.05) is 127 Å². The zero-order chi connectivity index (χ0) is 90.3. The molecule has 1 amide bonds. The van der Waals surface area contributed by atoms with E-state index in [0.29, 0.717) is 67.5 Å². The van der Waals surface area contributed by atoms with Gasteiger partial charge in [-0.05, 0) is 188 Å². The highest BCUT2D eigenvalue weighted by atomic mass is 127. The third kappa shape index (κ3) is 21.9. The highest BCUT2D eigenvalue weighted by Gasteiger charge is 2.35. The van der Waals surface area contributed by atoms with Gasteiger partial charge in [0.05, 0.1) is 70.4 Å². The van der Waals surface area contributed by atoms with Crippen LogP contribution in [-0.4, -0.2) is 206 Å². The Bertz CT molecular complexity index is 6530. The van der Waals surface area contributed by atoms with Gasteiger partial charge in [-0.25, -0.2) is 78.6 Å². The maximum absolute atomic E-state index is 12.3. The second-order valence-electron chi connectivity index (χ2n) is 31.9. The van der Waals surface area contributed by atoms with Crippen LogP contribution in [0.5, 0.6) is 17.2 Å². The van der Waals surface area contributed by atoms with Crippen molar-refractivity contribution in [3.63, 3.8) is 0 Å². The van der Waals surface area contributed by atoms with Crippen LogP contribution in [-0.2, 0) is 25.6 Å². The van der Waals surface area contributed by atoms with E-state index in [1.54, 1.807) is 43.1 Å². The standard InChI is InChI=1S/C32H38N6O4.C19H24N6O.C17H17ClN4O2.C10H10ClIN4O.C5H2ClIN4.C5H3ClN4/c1-32(22-34-31(39)42-21-23-10-4-3-5-11-23)15-17-37(18-16-32)26-20-33-29-28(24-12-6-7-13-25(24)40-2)36-38(30(29)35-26)27-14-8-9-19-41-27;1-19(12-20)7-9-25(10-8-19)15-11-21-17-16(23-24-18(17)22-15)13-5-3-4-6-14(13)26-2;1-23-12-7-3-2-6-11(12)15-16-17(20-13(18)10-19-16)22(21-15)14-8-4-5-9-24-14;11-6-5-13-8-9(12)15-16(10(8)14-6)7-3-1-2-4-17-7;6-2-1-8-3-4(7)10-11-5(3)9-2;6-4-2-7-3-1-8-10-5(3)9-4/h3-7,10-13,20,27H,8-9,14-19,21-22H2,1-2H3,(H,34,39);3-6,11H,7-10,12,20H2,1-2H3,(H,22,23,24);2-3,6-7,10,14H,4-5,8-9H2,1H3;5,7H,1-4H2;1H,(H,9,10,11);1-2H,(H,8,9,10). The van der Waals surface area contributed by atoms with E-state index in [1.165, 1.54) is 18.6 Å². The van der Waals surface area contributed by atoms with E-state index in [2.05, 4.69) is 155 Å². The van der Waals surface area contributed by atoms with Crippen LogP contribution in [0, 0.1) is 18.2 Å². The van der Waals surface area contributed by atoms with Gasteiger partial charge in [0.2, 0.25) is 11.3 Å². The topological polar surface area (TPSA) is 420 Å². The lowest BCUT2D eigenvalue weighted by atomic mass is 9.80. The van der Waals surface area contributed by atoms with Crippen molar-refractivity contribution in [2.75, 3.05) is 90.2 Å². The van der Waals surface area contributed by atoms with Crippen molar-refractivity contribution in [2.24, 2.45) is 16.6 Å². The number of nitrogens with one attached hydrogen (secondary N) is 4. The van der Waals surface area contributed by atoms with Gasteiger partial charge in [0.1, 0.15) is 104 Å². The normalized spacial score (nSPS) is 17.1. The number of nitrogens with zero attached hydrogens (tertiary/aromatic N) is 23. The first-order valence-corrected chi connectivity index (χ1v) is 46.2. The zero-order valence-electron chi connectivity index (χ0n) is 71.7.